The summed E-state index contributed by atoms with van der Waals surface area (Å²) < 4.78 is 5.87. The Bertz CT molecular complexity index is 2860. The van der Waals surface area contributed by atoms with Crippen molar-refractivity contribution in [2.45, 2.75) is 62.3 Å². The van der Waals surface area contributed by atoms with Crippen molar-refractivity contribution >= 4 is 70.1 Å². The number of phenols is 4. The molecule has 77 heavy (non-hydrogen) atoms. The normalized spacial score (nSPS) is 11.9. The second-order valence-electron chi connectivity index (χ2n) is 15.8. The number of phenolic OH excluding ortho intramolecular Hbond substituents is 4. The Morgan fingerprint density at radius 3 is 1.36 bits per heavy atom. The number of carboxylic acid groups (broad SMARTS) is 5. The first-order chi connectivity index (χ1) is 36.1. The Hall–Kier alpha value is -9.08. The highest BCUT2D eigenvalue weighted by molar-refractivity contribution is 14.1. The van der Waals surface area contributed by atoms with Crippen LogP contribution in [-0.2, 0) is 56.1 Å². The lowest BCUT2D eigenvalue weighted by molar-refractivity contribution is -0.385. The van der Waals surface area contributed by atoms with Crippen LogP contribution >= 0.6 is 22.6 Å². The van der Waals surface area contributed by atoms with Crippen LogP contribution in [0.1, 0.15) is 38.2 Å². The van der Waals surface area contributed by atoms with Crippen LogP contribution in [0.25, 0.3) is 10.4 Å². The number of ether oxygens (including phenoxy) is 1. The van der Waals surface area contributed by atoms with E-state index in [2.05, 4.69) is 15.9 Å². The van der Waals surface area contributed by atoms with Crippen LogP contribution in [0, 0.1) is 26.0 Å². The molecule has 0 aromatic heterocycles. The van der Waals surface area contributed by atoms with Crippen molar-refractivity contribution in [2.75, 3.05) is 6.61 Å². The molecule has 0 fully saturated rings. The summed E-state index contributed by atoms with van der Waals surface area (Å²) >= 11 is 1.98. The fourth-order valence-corrected chi connectivity index (χ4v) is 6.30. The first kappa shape index (κ1) is 65.9. The molecular weight excluding hydrogens is 1130 g/mol. The van der Waals surface area contributed by atoms with E-state index in [1.165, 1.54) is 48.5 Å². The standard InChI is InChI=1S/C12H13NO3.C10H11NO4.C9H10INO3.C9H10N4O3.C9H10N2O5/c1-2-7-16-10-5-3-9(4-6-10)8-11(13)12(14)15;11-8(10(14)15)4-6-1-2-9(13)7(3-6)5-12;10-6-3-5(1-2-8(6)12)4-7(11)9(13)14;10-6(9(15)16)3-5-1-2-8(14)7(4-5)12-13-11;10-6(9(13)14)3-5-1-2-8(12)7(4-5)11(15)16/h1,3-6,11H,7-8,13H2,(H,14,15);1-3,5,8,13H,4,11H2,(H,14,15);1-3,7,12H,4,11H2,(H,13,14);1-2,4,6,14H,3,10H2,(H,15,16);1-2,4,6,12H,3,10H2,(H,13,14)/t11-;8-;7-;2*6-/m00000/s1. The molecule has 410 valence electrons. The van der Waals surface area contributed by atoms with E-state index >= 15 is 0 Å². The summed E-state index contributed by atoms with van der Waals surface area (Å²) in [5, 5.41) is 93.6. The average molecular weight is 1180 g/mol. The zero-order chi connectivity index (χ0) is 58.5. The summed E-state index contributed by atoms with van der Waals surface area (Å²) in [5.74, 6) is -2.97. The summed E-state index contributed by atoms with van der Waals surface area (Å²) in [7, 11) is 0. The quantitative estimate of drug-likeness (QED) is 0.00777. The first-order valence-electron chi connectivity index (χ1n) is 21.8. The van der Waals surface area contributed by atoms with Crippen molar-refractivity contribution in [2.24, 2.45) is 33.8 Å². The molecule has 0 aliphatic heterocycles. The molecule has 27 nitrogen and oxygen atoms in total. The maximum Gasteiger partial charge on any atom is 0.320 e. The number of carboxylic acids is 5. The van der Waals surface area contributed by atoms with Gasteiger partial charge in [-0.2, -0.15) is 0 Å². The molecule has 5 atom stereocenters. The number of nitrogens with zero attached hydrogens (tertiary/aromatic N) is 4. The van der Waals surface area contributed by atoms with Crippen LogP contribution in [0.2, 0.25) is 0 Å². The minimum Gasteiger partial charge on any atom is -0.507 e. The Labute approximate surface area is 451 Å². The van der Waals surface area contributed by atoms with Gasteiger partial charge in [-0.3, -0.25) is 38.9 Å². The summed E-state index contributed by atoms with van der Waals surface area (Å²) in [6.45, 7) is 0.216. The smallest absolute Gasteiger partial charge is 0.320 e. The molecule has 0 heterocycles. The number of benzene rings is 5. The number of terminal acetylenes is 1. The van der Waals surface area contributed by atoms with Crippen LogP contribution < -0.4 is 33.4 Å². The second kappa shape index (κ2) is 33.7. The van der Waals surface area contributed by atoms with Gasteiger partial charge < -0.3 is 79.4 Å². The van der Waals surface area contributed by atoms with Crippen LogP contribution in [0.5, 0.6) is 28.7 Å². The van der Waals surface area contributed by atoms with Gasteiger partial charge in [-0.05, 0) is 143 Å². The van der Waals surface area contributed by atoms with E-state index in [9.17, 15) is 54.2 Å². The van der Waals surface area contributed by atoms with Crippen LogP contribution in [0.4, 0.5) is 11.4 Å². The summed E-state index contributed by atoms with van der Waals surface area (Å²) in [4.78, 5) is 75.3. The number of nitro benzene ring substituents is 1. The Balaban J connectivity index is 0.000000482. The van der Waals surface area contributed by atoms with Crippen molar-refractivity contribution < 1.29 is 84.4 Å². The third kappa shape index (κ3) is 25.1. The van der Waals surface area contributed by atoms with Crippen molar-refractivity contribution in [1.82, 2.24) is 0 Å². The minimum atomic E-state index is -1.18. The predicted octanol–water partition coefficient (Wildman–Crippen LogP) is 3.31. The van der Waals surface area contributed by atoms with Crippen molar-refractivity contribution in [3.63, 3.8) is 0 Å². The van der Waals surface area contributed by atoms with E-state index < -0.39 is 76.4 Å². The fourth-order valence-electron chi connectivity index (χ4n) is 5.72. The molecule has 28 heteroatoms. The Kier molecular flexibility index (Phi) is 28.8. The van der Waals surface area contributed by atoms with E-state index in [0.717, 1.165) is 23.3 Å². The van der Waals surface area contributed by atoms with Gasteiger partial charge in [-0.15, -0.1) is 6.42 Å². The van der Waals surface area contributed by atoms with Gasteiger partial charge in [0.1, 0.15) is 59.8 Å². The Morgan fingerprint density at radius 1 is 0.610 bits per heavy atom. The van der Waals surface area contributed by atoms with Gasteiger partial charge in [0.05, 0.1) is 19.7 Å². The number of halogens is 1. The molecule has 19 N–H and O–H groups in total. The topological polar surface area (TPSA) is 516 Å². The number of nitrogens with two attached hydrogens (primary N) is 5. The average Bonchev–Trinajstić information content (AvgIpc) is 3.37. The summed E-state index contributed by atoms with van der Waals surface area (Å²) in [6, 6.07) is 19.2. The van der Waals surface area contributed by atoms with Crippen LogP contribution in [0.3, 0.4) is 0 Å². The lowest BCUT2D eigenvalue weighted by Crippen LogP contribution is -2.32. The van der Waals surface area contributed by atoms with Gasteiger partial charge >= 0.3 is 35.5 Å². The Morgan fingerprint density at radius 2 is 0.974 bits per heavy atom. The number of aromatic hydroxyl groups is 4. The third-order valence-electron chi connectivity index (χ3n) is 9.77. The largest absolute Gasteiger partial charge is 0.507 e. The molecule has 0 radical (unpaired) electrons. The zero-order valence-electron chi connectivity index (χ0n) is 40.3. The molecule has 0 aliphatic carbocycles. The SMILES string of the molecule is C#CCOc1ccc(C[C@H](N)C(=O)O)cc1.N[C@@H](Cc1ccc(O)c(C=O)c1)C(=O)O.N[C@@H](Cc1ccc(O)c(I)c1)C(=O)O.N[C@@H](Cc1ccc(O)c([N+](=O)[O-])c1)C(=O)O.[N-]=[N+]=Nc1cc(C[C@H](N)C(=O)O)ccc1O. The van der Waals surface area contributed by atoms with Gasteiger partial charge in [-0.25, -0.2) is 0 Å². The zero-order valence-corrected chi connectivity index (χ0v) is 42.4. The lowest BCUT2D eigenvalue weighted by Gasteiger charge is -2.07. The predicted molar refractivity (Wildman–Crippen MR) is 283 cm³/mol. The molecule has 0 aliphatic rings. The maximum absolute atomic E-state index is 10.5. The van der Waals surface area contributed by atoms with Gasteiger partial charge in [0, 0.05) is 11.0 Å². The monoisotopic (exact) mass is 1180 g/mol. The number of hydrogen-bond acceptors (Lipinski definition) is 19. The second-order valence-corrected chi connectivity index (χ2v) is 16.9. The van der Waals surface area contributed by atoms with Gasteiger partial charge in [0.15, 0.2) is 12.0 Å². The van der Waals surface area contributed by atoms with Crippen molar-refractivity contribution in [3.8, 4) is 41.1 Å². The maximum atomic E-state index is 10.5. The van der Waals surface area contributed by atoms with Gasteiger partial charge in [0.2, 0.25) is 0 Å². The molecule has 0 saturated carbocycles. The van der Waals surface area contributed by atoms with E-state index in [1.54, 1.807) is 36.4 Å². The van der Waals surface area contributed by atoms with Gasteiger partial charge in [0.25, 0.3) is 0 Å². The molecule has 0 spiro atoms. The highest BCUT2D eigenvalue weighted by atomic mass is 127. The highest BCUT2D eigenvalue weighted by Gasteiger charge is 2.19. The van der Waals surface area contributed by atoms with Gasteiger partial charge in [-0.1, -0.05) is 47.4 Å². The van der Waals surface area contributed by atoms with Crippen molar-refractivity contribution in [3.05, 3.63) is 155 Å². The highest BCUT2D eigenvalue weighted by Crippen LogP contribution is 2.28. The molecule has 0 unspecified atom stereocenters. The molecule has 5 aromatic rings. The third-order valence-corrected chi connectivity index (χ3v) is 10.6. The number of aldehydes is 1. The number of rotatable bonds is 20. The summed E-state index contributed by atoms with van der Waals surface area (Å²) in [6.07, 6.45) is 6.31. The fraction of sp³-hybridized carbons (Fsp3) is 0.224. The molecule has 5 aromatic carbocycles. The number of azide groups is 1. The molecule has 0 saturated heterocycles. The van der Waals surface area contributed by atoms with E-state index in [-0.39, 0.29) is 60.8 Å². The molecule has 0 bridgehead atoms. The number of hydrogen-bond donors (Lipinski definition) is 14. The first-order valence-corrected chi connectivity index (χ1v) is 22.9. The summed E-state index contributed by atoms with van der Waals surface area (Å²) in [5.41, 5.74) is 37.9. The van der Waals surface area contributed by atoms with E-state index in [0.29, 0.717) is 38.7 Å². The molecule has 5 rings (SSSR count). The van der Waals surface area contributed by atoms with E-state index in [1.807, 2.05) is 22.6 Å². The number of aliphatic carboxylic acids is 5. The van der Waals surface area contributed by atoms with Crippen LogP contribution in [-0.4, -0.2) is 124 Å². The minimum absolute atomic E-state index is 0.0313. The van der Waals surface area contributed by atoms with E-state index in [4.69, 9.17) is 76.0 Å². The number of nitro groups is 1. The van der Waals surface area contributed by atoms with Crippen LogP contribution in [0.15, 0.2) is 102 Å². The lowest BCUT2D eigenvalue weighted by atomic mass is 10.0. The number of carbonyl (C=O) groups is 6. The van der Waals surface area contributed by atoms with Crippen molar-refractivity contribution in [1.29, 1.82) is 0 Å². The molecule has 0 amide bonds. The molecular formula is C49H54IN9O18. The number of carbonyl (C=O) groups excluding carboxylic acids is 1.